The Labute approximate surface area is 166 Å². The van der Waals surface area contributed by atoms with Crippen LogP contribution in [0.15, 0.2) is 36.4 Å². The van der Waals surface area contributed by atoms with Crippen molar-refractivity contribution < 1.29 is 33.7 Å². The van der Waals surface area contributed by atoms with E-state index in [4.69, 9.17) is 14.2 Å². The van der Waals surface area contributed by atoms with Crippen LogP contribution in [0.25, 0.3) is 10.8 Å². The molecule has 0 aliphatic heterocycles. The van der Waals surface area contributed by atoms with E-state index >= 15 is 0 Å². The lowest BCUT2D eigenvalue weighted by molar-refractivity contribution is -0.757. The smallest absolute Gasteiger partial charge is 0.407 e. The van der Waals surface area contributed by atoms with Crippen molar-refractivity contribution in [3.05, 3.63) is 52.1 Å². The van der Waals surface area contributed by atoms with E-state index in [1.54, 1.807) is 14.0 Å². The van der Waals surface area contributed by atoms with Gasteiger partial charge in [0.25, 0.3) is 5.09 Å². The fourth-order valence-electron chi connectivity index (χ4n) is 2.50. The van der Waals surface area contributed by atoms with Crippen LogP contribution >= 0.6 is 0 Å². The van der Waals surface area contributed by atoms with E-state index in [0.717, 1.165) is 22.1 Å². The number of hydrogen-bond donors (Lipinski definition) is 1. The average Bonchev–Trinajstić information content (AvgIpc) is 2.72. The van der Waals surface area contributed by atoms with Crippen molar-refractivity contribution in [2.45, 2.75) is 12.8 Å². The van der Waals surface area contributed by atoms with Crippen LogP contribution in [0.3, 0.4) is 0 Å². The molecular formula is C19H22N2O8. The van der Waals surface area contributed by atoms with E-state index in [9.17, 15) is 19.7 Å². The number of carbonyl (C=O) groups is 2. The number of fused-ring (bicyclic) bond motifs is 1. The lowest BCUT2D eigenvalue weighted by Gasteiger charge is -2.13. The van der Waals surface area contributed by atoms with Crippen LogP contribution in [0.1, 0.15) is 18.4 Å². The molecule has 1 N–H and O–H groups in total. The van der Waals surface area contributed by atoms with Crippen LogP contribution in [0, 0.1) is 10.1 Å². The molecule has 0 unspecified atom stereocenters. The Balaban J connectivity index is 1.75. The second-order valence-corrected chi connectivity index (χ2v) is 5.98. The molecule has 2 aromatic carbocycles. The molecule has 0 heterocycles. The third kappa shape index (κ3) is 6.83. The van der Waals surface area contributed by atoms with Gasteiger partial charge in [0.2, 0.25) is 0 Å². The molecule has 2 aromatic rings. The maximum absolute atomic E-state index is 12.2. The van der Waals surface area contributed by atoms with Crippen molar-refractivity contribution in [1.29, 1.82) is 0 Å². The zero-order valence-corrected chi connectivity index (χ0v) is 16.1. The molecule has 29 heavy (non-hydrogen) atoms. The van der Waals surface area contributed by atoms with Crippen molar-refractivity contribution in [3.8, 4) is 5.75 Å². The van der Waals surface area contributed by atoms with Crippen LogP contribution in [0.4, 0.5) is 4.79 Å². The van der Waals surface area contributed by atoms with Crippen molar-refractivity contribution in [3.63, 3.8) is 0 Å². The Morgan fingerprint density at radius 3 is 2.48 bits per heavy atom. The molecule has 2 rings (SSSR count). The predicted molar refractivity (Wildman–Crippen MR) is 102 cm³/mol. The first-order valence-electron chi connectivity index (χ1n) is 8.83. The van der Waals surface area contributed by atoms with Gasteiger partial charge >= 0.3 is 12.1 Å². The topological polar surface area (TPSA) is 126 Å². The number of nitrogens with zero attached hydrogens (tertiary/aromatic N) is 1. The molecule has 0 spiro atoms. The zero-order chi connectivity index (χ0) is 21.2. The van der Waals surface area contributed by atoms with Gasteiger partial charge in [0, 0.05) is 6.54 Å². The van der Waals surface area contributed by atoms with Gasteiger partial charge in [-0.2, -0.15) is 0 Å². The van der Waals surface area contributed by atoms with Gasteiger partial charge in [-0.3, -0.25) is 4.79 Å². The van der Waals surface area contributed by atoms with Gasteiger partial charge in [0.1, 0.15) is 25.6 Å². The molecule has 156 valence electrons. The minimum Gasteiger partial charge on any atom is -0.497 e. The third-order valence-corrected chi connectivity index (χ3v) is 4.05. The Hall–Kier alpha value is -3.56. The normalized spacial score (nSPS) is 11.4. The number of ether oxygens (including phenoxy) is 3. The maximum Gasteiger partial charge on any atom is 0.407 e. The first-order valence-corrected chi connectivity index (χ1v) is 8.83. The fourth-order valence-corrected chi connectivity index (χ4v) is 2.50. The minimum absolute atomic E-state index is 0.0789. The summed E-state index contributed by atoms with van der Waals surface area (Å²) in [6.07, 6.45) is -0.786. The van der Waals surface area contributed by atoms with E-state index < -0.39 is 23.1 Å². The summed E-state index contributed by atoms with van der Waals surface area (Å²) in [7, 11) is 1.60. The molecule has 0 radical (unpaired) electrons. The average molecular weight is 406 g/mol. The molecule has 0 aliphatic rings. The highest BCUT2D eigenvalue weighted by atomic mass is 16.9. The molecule has 0 saturated carbocycles. The van der Waals surface area contributed by atoms with E-state index in [-0.39, 0.29) is 26.4 Å². The fraction of sp³-hybridized carbons (Fsp3) is 0.368. The SMILES string of the molecule is COc1ccc2cc([C@H](C)C(=O)OCCOC(=O)NCCO[N+](=O)[O-])ccc2c1. The number of methoxy groups -OCH3 is 1. The Morgan fingerprint density at radius 2 is 1.76 bits per heavy atom. The van der Waals surface area contributed by atoms with Crippen LogP contribution in [0.2, 0.25) is 0 Å². The molecule has 10 nitrogen and oxygen atoms in total. The third-order valence-electron chi connectivity index (χ3n) is 4.05. The van der Waals surface area contributed by atoms with Gasteiger partial charge in [0.05, 0.1) is 13.0 Å². The van der Waals surface area contributed by atoms with Crippen LogP contribution in [0.5, 0.6) is 5.75 Å². The van der Waals surface area contributed by atoms with Crippen molar-refractivity contribution in [2.75, 3.05) is 33.5 Å². The summed E-state index contributed by atoms with van der Waals surface area (Å²) in [5, 5.41) is 13.2. The summed E-state index contributed by atoms with van der Waals surface area (Å²) >= 11 is 0. The van der Waals surface area contributed by atoms with Gasteiger partial charge in [0.15, 0.2) is 0 Å². The van der Waals surface area contributed by atoms with E-state index in [0.29, 0.717) is 0 Å². The Bertz CT molecular complexity index is 870. The van der Waals surface area contributed by atoms with Gasteiger partial charge in [-0.1, -0.05) is 24.3 Å². The molecule has 1 amide bonds. The molecule has 0 saturated heterocycles. The number of alkyl carbamates (subject to hydrolysis) is 1. The highest BCUT2D eigenvalue weighted by Crippen LogP contribution is 2.25. The minimum atomic E-state index is -0.958. The number of hydrogen-bond acceptors (Lipinski definition) is 8. The van der Waals surface area contributed by atoms with Gasteiger partial charge < -0.3 is 24.4 Å². The van der Waals surface area contributed by atoms with E-state index in [1.807, 2.05) is 36.4 Å². The quantitative estimate of drug-likeness (QED) is 0.276. The Kier molecular flexibility index (Phi) is 8.01. The summed E-state index contributed by atoms with van der Waals surface area (Å²) in [5.41, 5.74) is 0.803. The summed E-state index contributed by atoms with van der Waals surface area (Å²) in [6.45, 7) is 1.12. The first kappa shape index (κ1) is 21.7. The second-order valence-electron chi connectivity index (χ2n) is 5.98. The molecule has 0 aromatic heterocycles. The lowest BCUT2D eigenvalue weighted by atomic mass is 9.98. The second kappa shape index (κ2) is 10.7. The summed E-state index contributed by atoms with van der Waals surface area (Å²) in [5.74, 6) is -0.178. The highest BCUT2D eigenvalue weighted by Gasteiger charge is 2.17. The number of amides is 1. The van der Waals surface area contributed by atoms with Gasteiger partial charge in [-0.25, -0.2) is 4.79 Å². The van der Waals surface area contributed by atoms with Gasteiger partial charge in [-0.15, -0.1) is 10.1 Å². The monoisotopic (exact) mass is 406 g/mol. The van der Waals surface area contributed by atoms with Crippen molar-refractivity contribution in [2.24, 2.45) is 0 Å². The standard InChI is InChI=1S/C19H22N2O8/c1-13(14-3-4-16-12-17(26-2)6-5-15(16)11-14)18(22)27-9-10-28-19(23)20-7-8-29-21(24)25/h3-6,11-13H,7-10H2,1-2H3,(H,20,23)/t13-/m0/s1. The maximum atomic E-state index is 12.2. The molecule has 10 heteroatoms. The molecule has 0 aliphatic carbocycles. The van der Waals surface area contributed by atoms with Crippen LogP contribution in [-0.4, -0.2) is 50.6 Å². The zero-order valence-electron chi connectivity index (χ0n) is 16.1. The number of benzene rings is 2. The van der Waals surface area contributed by atoms with E-state index in [1.165, 1.54) is 0 Å². The first-order chi connectivity index (χ1) is 13.9. The largest absolute Gasteiger partial charge is 0.497 e. The summed E-state index contributed by atoms with van der Waals surface area (Å²) in [4.78, 5) is 37.6. The van der Waals surface area contributed by atoms with Crippen molar-refractivity contribution >= 4 is 22.8 Å². The van der Waals surface area contributed by atoms with Gasteiger partial charge in [-0.05, 0) is 35.4 Å². The molecule has 0 bridgehead atoms. The number of esters is 1. The number of nitrogens with one attached hydrogen (secondary N) is 1. The number of rotatable bonds is 10. The Morgan fingerprint density at radius 1 is 1.07 bits per heavy atom. The number of carbonyl (C=O) groups excluding carboxylic acids is 2. The van der Waals surface area contributed by atoms with E-state index in [2.05, 4.69) is 10.2 Å². The summed E-state index contributed by atoms with van der Waals surface area (Å²) in [6, 6.07) is 11.4. The van der Waals surface area contributed by atoms with Crippen LogP contribution in [-0.2, 0) is 19.1 Å². The predicted octanol–water partition coefficient (Wildman–Crippen LogP) is 2.43. The lowest BCUT2D eigenvalue weighted by Crippen LogP contribution is -2.29. The summed E-state index contributed by atoms with van der Waals surface area (Å²) < 4.78 is 15.1. The van der Waals surface area contributed by atoms with Crippen molar-refractivity contribution in [1.82, 2.24) is 5.32 Å². The highest BCUT2D eigenvalue weighted by molar-refractivity contribution is 5.86. The molecule has 0 fully saturated rings. The molecule has 1 atom stereocenters. The van der Waals surface area contributed by atoms with Crippen LogP contribution < -0.4 is 10.1 Å². The molecular weight excluding hydrogens is 384 g/mol.